The minimum Gasteiger partial charge on any atom is -0.368 e. The van der Waals surface area contributed by atoms with Crippen molar-refractivity contribution in [3.63, 3.8) is 0 Å². The number of anilines is 1. The van der Waals surface area contributed by atoms with E-state index < -0.39 is 9.84 Å². The van der Waals surface area contributed by atoms with Gasteiger partial charge < -0.3 is 9.80 Å². The molecule has 2 aromatic carbocycles. The van der Waals surface area contributed by atoms with Crippen molar-refractivity contribution in [2.45, 2.75) is 48.9 Å². The third-order valence-electron chi connectivity index (χ3n) is 6.04. The van der Waals surface area contributed by atoms with Crippen molar-refractivity contribution < 1.29 is 8.42 Å². The molecule has 2 aliphatic rings. The van der Waals surface area contributed by atoms with Crippen molar-refractivity contribution in [1.82, 2.24) is 4.90 Å². The Morgan fingerprint density at radius 1 is 1.00 bits per heavy atom. The third-order valence-corrected chi connectivity index (χ3v) is 7.79. The lowest BCUT2D eigenvalue weighted by molar-refractivity contribution is 0.219. The van der Waals surface area contributed by atoms with Gasteiger partial charge in [-0.1, -0.05) is 19.1 Å². The van der Waals surface area contributed by atoms with Crippen molar-refractivity contribution in [2.24, 2.45) is 0 Å². The van der Waals surface area contributed by atoms with E-state index >= 15 is 0 Å². The number of piperidine rings is 1. The Bertz CT molecular complexity index is 931. The predicted octanol–water partition coefficient (Wildman–Crippen LogP) is 3.67. The van der Waals surface area contributed by atoms with Crippen molar-refractivity contribution in [3.8, 4) is 0 Å². The summed E-state index contributed by atoms with van der Waals surface area (Å²) in [5.41, 5.74) is 3.36. The number of sulfone groups is 1. The zero-order chi connectivity index (χ0) is 19.0. The van der Waals surface area contributed by atoms with Crippen LogP contribution in [0.1, 0.15) is 30.9 Å². The van der Waals surface area contributed by atoms with E-state index in [4.69, 9.17) is 0 Å². The molecule has 0 saturated carbocycles. The molecule has 4 nitrogen and oxygen atoms in total. The first kappa shape index (κ1) is 18.5. The molecule has 0 atom stereocenters. The quantitative estimate of drug-likeness (QED) is 0.806. The Morgan fingerprint density at radius 2 is 1.74 bits per heavy atom. The van der Waals surface area contributed by atoms with Gasteiger partial charge in [0.15, 0.2) is 0 Å². The van der Waals surface area contributed by atoms with Gasteiger partial charge in [0.1, 0.15) is 0 Å². The maximum Gasteiger partial charge on any atom is 0.206 e. The zero-order valence-electron chi connectivity index (χ0n) is 16.2. The lowest BCUT2D eigenvalue weighted by Gasteiger charge is -2.37. The SMILES string of the molecule is CCN1CCC(N2CCc3cc(S(=O)(=O)c4cccc(C)c4)ccc32)CC1. The van der Waals surface area contributed by atoms with E-state index in [-0.39, 0.29) is 0 Å². The molecule has 0 bridgehead atoms. The second-order valence-electron chi connectivity index (χ2n) is 7.72. The smallest absolute Gasteiger partial charge is 0.206 e. The number of nitrogens with zero attached hydrogens (tertiary/aromatic N) is 2. The van der Waals surface area contributed by atoms with Crippen molar-refractivity contribution in [3.05, 3.63) is 53.6 Å². The van der Waals surface area contributed by atoms with Crippen LogP contribution in [-0.2, 0) is 16.3 Å². The number of likely N-dealkylation sites (tertiary alicyclic amines) is 1. The summed E-state index contributed by atoms with van der Waals surface area (Å²) in [5, 5.41) is 0. The predicted molar refractivity (Wildman–Crippen MR) is 109 cm³/mol. The van der Waals surface area contributed by atoms with Crippen LogP contribution in [0, 0.1) is 6.92 Å². The highest BCUT2D eigenvalue weighted by Gasteiger charge is 2.30. The maximum atomic E-state index is 13.0. The topological polar surface area (TPSA) is 40.6 Å². The highest BCUT2D eigenvalue weighted by atomic mass is 32.2. The summed E-state index contributed by atoms with van der Waals surface area (Å²) in [7, 11) is -3.46. The molecule has 0 aromatic heterocycles. The number of hydrogen-bond donors (Lipinski definition) is 0. The van der Waals surface area contributed by atoms with Crippen LogP contribution in [0.4, 0.5) is 5.69 Å². The summed E-state index contributed by atoms with van der Waals surface area (Å²) in [6.45, 7) is 8.59. The van der Waals surface area contributed by atoms with Crippen LogP contribution in [0.5, 0.6) is 0 Å². The summed E-state index contributed by atoms with van der Waals surface area (Å²) in [5.74, 6) is 0. The highest BCUT2D eigenvalue weighted by molar-refractivity contribution is 7.91. The summed E-state index contributed by atoms with van der Waals surface area (Å²) in [4.78, 5) is 5.80. The molecule has 0 aliphatic carbocycles. The average molecular weight is 385 g/mol. The summed E-state index contributed by atoms with van der Waals surface area (Å²) >= 11 is 0. The standard InChI is InChI=1S/C22H28N2O2S/c1-3-23-12-10-19(11-13-23)24-14-9-18-16-21(7-8-22(18)24)27(25,26)20-6-4-5-17(2)15-20/h4-8,15-16,19H,3,9-14H2,1-2H3. The minimum absolute atomic E-state index is 0.379. The summed E-state index contributed by atoms with van der Waals surface area (Å²) < 4.78 is 26.0. The molecule has 0 N–H and O–H groups in total. The molecule has 2 heterocycles. The van der Waals surface area contributed by atoms with Gasteiger partial charge in [-0.15, -0.1) is 0 Å². The summed E-state index contributed by atoms with van der Waals surface area (Å²) in [6.07, 6.45) is 3.31. The van der Waals surface area contributed by atoms with Crippen LogP contribution in [0.3, 0.4) is 0 Å². The van der Waals surface area contributed by atoms with Crippen LogP contribution in [0.25, 0.3) is 0 Å². The molecular weight excluding hydrogens is 356 g/mol. The Kier molecular flexibility index (Phi) is 4.99. The van der Waals surface area contributed by atoms with Crippen LogP contribution < -0.4 is 4.90 Å². The van der Waals surface area contributed by atoms with E-state index in [1.54, 1.807) is 24.3 Å². The Labute approximate surface area is 162 Å². The molecule has 0 unspecified atom stereocenters. The van der Waals surface area contributed by atoms with Crippen molar-refractivity contribution in [1.29, 1.82) is 0 Å². The Morgan fingerprint density at radius 3 is 2.44 bits per heavy atom. The van der Waals surface area contributed by atoms with Gasteiger partial charge in [0, 0.05) is 31.4 Å². The molecule has 0 amide bonds. The number of aryl methyl sites for hydroxylation is 1. The van der Waals surface area contributed by atoms with Gasteiger partial charge in [-0.2, -0.15) is 0 Å². The second kappa shape index (κ2) is 7.28. The van der Waals surface area contributed by atoms with Gasteiger partial charge in [-0.05, 0) is 74.2 Å². The molecule has 0 spiro atoms. The van der Waals surface area contributed by atoms with Gasteiger partial charge in [0.2, 0.25) is 9.84 Å². The largest absolute Gasteiger partial charge is 0.368 e. The minimum atomic E-state index is -3.46. The van der Waals surface area contributed by atoms with E-state index in [1.807, 2.05) is 25.1 Å². The molecule has 2 aliphatic heterocycles. The fourth-order valence-electron chi connectivity index (χ4n) is 4.42. The Balaban J connectivity index is 1.58. The van der Waals surface area contributed by atoms with Crippen LogP contribution in [-0.4, -0.2) is 45.5 Å². The molecule has 27 heavy (non-hydrogen) atoms. The zero-order valence-corrected chi connectivity index (χ0v) is 17.0. The first-order valence-corrected chi connectivity index (χ1v) is 11.4. The first-order chi connectivity index (χ1) is 13.0. The molecule has 4 rings (SSSR count). The third kappa shape index (κ3) is 3.50. The van der Waals surface area contributed by atoms with Gasteiger partial charge in [0.25, 0.3) is 0 Å². The van der Waals surface area contributed by atoms with Crippen molar-refractivity contribution in [2.75, 3.05) is 31.1 Å². The molecule has 5 heteroatoms. The molecule has 1 fully saturated rings. The fraction of sp³-hybridized carbons (Fsp3) is 0.455. The van der Waals surface area contributed by atoms with E-state index in [0.29, 0.717) is 15.8 Å². The van der Waals surface area contributed by atoms with Gasteiger partial charge in [0.05, 0.1) is 9.79 Å². The number of rotatable bonds is 4. The normalized spacial score (nSPS) is 18.7. The summed E-state index contributed by atoms with van der Waals surface area (Å²) in [6, 6.07) is 13.4. The van der Waals surface area contributed by atoms with E-state index in [1.165, 1.54) is 24.1 Å². The first-order valence-electron chi connectivity index (χ1n) is 9.92. The van der Waals surface area contributed by atoms with Crippen LogP contribution in [0.2, 0.25) is 0 Å². The van der Waals surface area contributed by atoms with Crippen LogP contribution >= 0.6 is 0 Å². The lowest BCUT2D eigenvalue weighted by Crippen LogP contribution is -2.44. The van der Waals surface area contributed by atoms with Crippen LogP contribution in [0.15, 0.2) is 52.3 Å². The van der Waals surface area contributed by atoms with Gasteiger partial charge in [-0.3, -0.25) is 0 Å². The molecule has 1 saturated heterocycles. The van der Waals surface area contributed by atoms with Gasteiger partial charge >= 0.3 is 0 Å². The van der Waals surface area contributed by atoms with E-state index in [9.17, 15) is 8.42 Å². The molecule has 2 aromatic rings. The van der Waals surface area contributed by atoms with E-state index in [2.05, 4.69) is 16.7 Å². The molecule has 144 valence electrons. The number of hydrogen-bond acceptors (Lipinski definition) is 4. The number of benzene rings is 2. The van der Waals surface area contributed by atoms with E-state index in [0.717, 1.165) is 38.2 Å². The second-order valence-corrected chi connectivity index (χ2v) is 9.67. The van der Waals surface area contributed by atoms with Gasteiger partial charge in [-0.25, -0.2) is 8.42 Å². The number of fused-ring (bicyclic) bond motifs is 1. The highest BCUT2D eigenvalue weighted by Crippen LogP contribution is 2.35. The van der Waals surface area contributed by atoms with Crippen molar-refractivity contribution >= 4 is 15.5 Å². The fourth-order valence-corrected chi connectivity index (χ4v) is 5.83. The monoisotopic (exact) mass is 384 g/mol. The average Bonchev–Trinajstić information content (AvgIpc) is 3.11. The Hall–Kier alpha value is -1.85. The maximum absolute atomic E-state index is 13.0. The molecule has 0 radical (unpaired) electrons. The molecular formula is C22H28N2O2S. The lowest BCUT2D eigenvalue weighted by atomic mass is 10.0.